The molecule has 0 rings (SSSR count). The van der Waals surface area contributed by atoms with Crippen LogP contribution in [0.2, 0.25) is 0 Å². The molecule has 0 fully saturated rings. The van der Waals surface area contributed by atoms with Crippen molar-refractivity contribution in [1.82, 2.24) is 5.32 Å². The van der Waals surface area contributed by atoms with Crippen LogP contribution >= 0.6 is 0 Å². The van der Waals surface area contributed by atoms with Gasteiger partial charge in [-0.3, -0.25) is 4.79 Å². The first kappa shape index (κ1) is 35.4. The summed E-state index contributed by atoms with van der Waals surface area (Å²) in [6.07, 6.45) is 32.5. The molecule has 0 aromatic heterocycles. The van der Waals surface area contributed by atoms with E-state index in [-0.39, 0.29) is 0 Å². The van der Waals surface area contributed by atoms with E-state index in [4.69, 9.17) is 0 Å². The zero-order chi connectivity index (χ0) is 26.6. The summed E-state index contributed by atoms with van der Waals surface area (Å²) in [5, 5.41) is 13.7. The van der Waals surface area contributed by atoms with Gasteiger partial charge >= 0.3 is 5.97 Å². The Morgan fingerprint density at radius 3 is 1.17 bits per heavy atom. The summed E-state index contributed by atoms with van der Waals surface area (Å²) < 4.78 is 0. The quantitative estimate of drug-likeness (QED) is 0.0946. The molecule has 36 heavy (non-hydrogen) atoms. The fraction of sp³-hybridized carbons (Fsp3) is 0.970. The van der Waals surface area contributed by atoms with E-state index >= 15 is 0 Å². The lowest BCUT2D eigenvalue weighted by molar-refractivity contribution is -0.150. The highest BCUT2D eigenvalue weighted by molar-refractivity contribution is 5.74. The number of carboxylic acids is 1. The van der Waals surface area contributed by atoms with Gasteiger partial charge in [-0.25, -0.2) is 0 Å². The lowest BCUT2D eigenvalue weighted by Crippen LogP contribution is -2.32. The molecule has 0 spiro atoms. The van der Waals surface area contributed by atoms with E-state index in [1.54, 1.807) is 0 Å². The topological polar surface area (TPSA) is 49.3 Å². The molecule has 0 bridgehead atoms. The van der Waals surface area contributed by atoms with Gasteiger partial charge in [-0.15, -0.1) is 0 Å². The van der Waals surface area contributed by atoms with Crippen LogP contribution in [0, 0.1) is 5.41 Å². The third-order valence-corrected chi connectivity index (χ3v) is 8.19. The van der Waals surface area contributed by atoms with Gasteiger partial charge in [0, 0.05) is 0 Å². The van der Waals surface area contributed by atoms with Crippen LogP contribution in [0.4, 0.5) is 0 Å². The molecule has 0 aliphatic rings. The number of aliphatic carboxylic acids is 1. The fourth-order valence-corrected chi connectivity index (χ4v) is 5.58. The Morgan fingerprint density at radius 1 is 0.472 bits per heavy atom. The molecular weight excluding hydrogens is 442 g/mol. The van der Waals surface area contributed by atoms with Gasteiger partial charge in [-0.1, -0.05) is 156 Å². The highest BCUT2D eigenvalue weighted by atomic mass is 16.4. The highest BCUT2D eigenvalue weighted by Gasteiger charge is 2.36. The summed E-state index contributed by atoms with van der Waals surface area (Å²) in [6, 6.07) is 0. The fourth-order valence-electron chi connectivity index (χ4n) is 5.58. The molecule has 0 unspecified atom stereocenters. The standard InChI is InChI=1S/C33H67NO2/c1-4-7-10-12-13-14-15-16-17-18-19-20-21-22-23-25-28-33(32(35)36,27-24-11-8-5-2)29-26-31-34-30-9-6-3/h34H,4-31H2,1-3H3,(H,35,36)/t33-/m0/s1. The molecule has 0 saturated heterocycles. The van der Waals surface area contributed by atoms with Crippen LogP contribution in [-0.4, -0.2) is 24.2 Å². The minimum atomic E-state index is -0.534. The lowest BCUT2D eigenvalue weighted by atomic mass is 9.74. The van der Waals surface area contributed by atoms with Gasteiger partial charge in [0.15, 0.2) is 0 Å². The second kappa shape index (κ2) is 27.5. The molecule has 0 heterocycles. The minimum absolute atomic E-state index is 0.490. The first-order valence-electron chi connectivity index (χ1n) is 16.6. The van der Waals surface area contributed by atoms with Crippen molar-refractivity contribution in [2.75, 3.05) is 13.1 Å². The summed E-state index contributed by atoms with van der Waals surface area (Å²) in [5.74, 6) is -0.534. The maximum absolute atomic E-state index is 12.4. The van der Waals surface area contributed by atoms with E-state index < -0.39 is 11.4 Å². The van der Waals surface area contributed by atoms with Gasteiger partial charge in [0.25, 0.3) is 0 Å². The van der Waals surface area contributed by atoms with E-state index in [9.17, 15) is 9.90 Å². The molecule has 3 nitrogen and oxygen atoms in total. The van der Waals surface area contributed by atoms with E-state index in [0.29, 0.717) is 0 Å². The Hall–Kier alpha value is -0.570. The molecule has 0 saturated carbocycles. The van der Waals surface area contributed by atoms with Crippen LogP contribution in [0.5, 0.6) is 0 Å². The molecule has 3 heteroatoms. The van der Waals surface area contributed by atoms with Crippen LogP contribution < -0.4 is 5.32 Å². The molecule has 1 atom stereocenters. The number of nitrogens with one attached hydrogen (secondary N) is 1. The zero-order valence-corrected chi connectivity index (χ0v) is 25.2. The van der Waals surface area contributed by atoms with Crippen molar-refractivity contribution in [3.63, 3.8) is 0 Å². The SMILES string of the molecule is CCCCCCCCCCCCCCCCCC[C@@](CCCCCC)(CCCNCCCC)C(=O)O. The molecular formula is C33H67NO2. The number of hydrogen-bond donors (Lipinski definition) is 2. The van der Waals surface area contributed by atoms with E-state index in [1.165, 1.54) is 128 Å². The van der Waals surface area contributed by atoms with Crippen LogP contribution in [0.25, 0.3) is 0 Å². The average molecular weight is 510 g/mol. The van der Waals surface area contributed by atoms with E-state index in [2.05, 4.69) is 26.1 Å². The second-order valence-corrected chi connectivity index (χ2v) is 11.7. The smallest absolute Gasteiger partial charge is 0.309 e. The molecule has 0 radical (unpaired) electrons. The van der Waals surface area contributed by atoms with Crippen molar-refractivity contribution in [3.05, 3.63) is 0 Å². The van der Waals surface area contributed by atoms with Gasteiger partial charge in [0.2, 0.25) is 0 Å². The maximum Gasteiger partial charge on any atom is 0.309 e. The largest absolute Gasteiger partial charge is 0.481 e. The molecule has 0 aromatic rings. The summed E-state index contributed by atoms with van der Waals surface area (Å²) in [7, 11) is 0. The number of hydrogen-bond acceptors (Lipinski definition) is 2. The molecule has 0 amide bonds. The molecule has 0 aliphatic heterocycles. The summed E-state index contributed by atoms with van der Waals surface area (Å²) in [6.45, 7) is 8.75. The van der Waals surface area contributed by atoms with Gasteiger partial charge < -0.3 is 10.4 Å². The number of rotatable bonds is 30. The van der Waals surface area contributed by atoms with Crippen LogP contribution in [-0.2, 0) is 4.79 Å². The van der Waals surface area contributed by atoms with Gasteiger partial charge in [0.1, 0.15) is 0 Å². The zero-order valence-electron chi connectivity index (χ0n) is 25.2. The Bertz CT molecular complexity index is 453. The summed E-state index contributed by atoms with van der Waals surface area (Å²) in [4.78, 5) is 12.4. The third kappa shape index (κ3) is 21.5. The Balaban J connectivity index is 4.00. The molecule has 0 aliphatic carbocycles. The van der Waals surface area contributed by atoms with Crippen LogP contribution in [0.3, 0.4) is 0 Å². The number of carboxylic acid groups (broad SMARTS) is 1. The van der Waals surface area contributed by atoms with Crippen LogP contribution in [0.1, 0.15) is 188 Å². The van der Waals surface area contributed by atoms with E-state index in [0.717, 1.165) is 51.6 Å². The Morgan fingerprint density at radius 2 is 0.778 bits per heavy atom. The van der Waals surface area contributed by atoms with Crippen molar-refractivity contribution in [3.8, 4) is 0 Å². The van der Waals surface area contributed by atoms with Crippen LogP contribution in [0.15, 0.2) is 0 Å². The average Bonchev–Trinajstić information content (AvgIpc) is 2.87. The monoisotopic (exact) mass is 510 g/mol. The van der Waals surface area contributed by atoms with Crippen molar-refractivity contribution >= 4 is 5.97 Å². The molecule has 216 valence electrons. The van der Waals surface area contributed by atoms with Crippen molar-refractivity contribution in [2.24, 2.45) is 5.41 Å². The minimum Gasteiger partial charge on any atom is -0.481 e. The summed E-state index contributed by atoms with van der Waals surface area (Å²) in [5.41, 5.74) is -0.490. The predicted octanol–water partition coefficient (Wildman–Crippen LogP) is 10.8. The molecule has 2 N–H and O–H groups in total. The van der Waals surface area contributed by atoms with Crippen molar-refractivity contribution < 1.29 is 9.90 Å². The first-order valence-corrected chi connectivity index (χ1v) is 16.6. The molecule has 0 aromatic carbocycles. The van der Waals surface area contributed by atoms with Gasteiger partial charge in [-0.05, 0) is 45.2 Å². The third-order valence-electron chi connectivity index (χ3n) is 8.19. The summed E-state index contributed by atoms with van der Waals surface area (Å²) >= 11 is 0. The lowest BCUT2D eigenvalue weighted by Gasteiger charge is -2.30. The van der Waals surface area contributed by atoms with Gasteiger partial charge in [-0.2, -0.15) is 0 Å². The first-order chi connectivity index (χ1) is 17.6. The second-order valence-electron chi connectivity index (χ2n) is 11.7. The number of unbranched alkanes of at least 4 members (excludes halogenated alkanes) is 19. The van der Waals surface area contributed by atoms with Crippen molar-refractivity contribution in [2.45, 2.75) is 188 Å². The van der Waals surface area contributed by atoms with E-state index in [1.807, 2.05) is 0 Å². The maximum atomic E-state index is 12.4. The van der Waals surface area contributed by atoms with Gasteiger partial charge in [0.05, 0.1) is 5.41 Å². The Kier molecular flexibility index (Phi) is 27.0. The predicted molar refractivity (Wildman–Crippen MR) is 160 cm³/mol. The highest BCUT2D eigenvalue weighted by Crippen LogP contribution is 2.37. The van der Waals surface area contributed by atoms with Crippen molar-refractivity contribution in [1.29, 1.82) is 0 Å². The number of carbonyl (C=O) groups is 1. The Labute approximate surface area is 227 Å². The normalized spacial score (nSPS) is 13.2.